The number of ether oxygens (including phenoxy) is 4. The number of hydrogen-bond donors (Lipinski definition) is 1. The van der Waals surface area contributed by atoms with Gasteiger partial charge in [-0.3, -0.25) is 14.5 Å². The van der Waals surface area contributed by atoms with Crippen LogP contribution in [0.2, 0.25) is 0 Å². The molecule has 1 unspecified atom stereocenters. The zero-order valence-electron chi connectivity index (χ0n) is 23.4. The molecule has 0 aliphatic carbocycles. The number of aryl methyl sites for hydroxylation is 1. The molecule has 1 N–H and O–H groups in total. The highest BCUT2D eigenvalue weighted by Crippen LogP contribution is 2.45. The van der Waals surface area contributed by atoms with Crippen LogP contribution in [0.3, 0.4) is 0 Å². The molecule has 1 aliphatic rings. The molecule has 1 atom stereocenters. The first-order chi connectivity index (χ1) is 20.2. The van der Waals surface area contributed by atoms with Gasteiger partial charge in [-0.25, -0.2) is 9.78 Å². The van der Waals surface area contributed by atoms with Gasteiger partial charge in [0.15, 0.2) is 16.6 Å². The maximum atomic E-state index is 13.6. The van der Waals surface area contributed by atoms with E-state index in [-0.39, 0.29) is 34.6 Å². The first kappa shape index (κ1) is 30.1. The molecule has 4 rings (SSSR count). The number of amides is 1. The van der Waals surface area contributed by atoms with Gasteiger partial charge in [0.1, 0.15) is 29.6 Å². The average molecular weight is 591 g/mol. The van der Waals surface area contributed by atoms with E-state index in [1.54, 1.807) is 55.5 Å². The van der Waals surface area contributed by atoms with E-state index in [0.29, 0.717) is 40.7 Å². The molecule has 42 heavy (non-hydrogen) atoms. The third kappa shape index (κ3) is 5.91. The van der Waals surface area contributed by atoms with Crippen LogP contribution in [0.15, 0.2) is 73.3 Å². The summed E-state index contributed by atoms with van der Waals surface area (Å²) in [4.78, 5) is 45.6. The van der Waals surface area contributed by atoms with Crippen molar-refractivity contribution in [1.82, 2.24) is 4.98 Å². The van der Waals surface area contributed by atoms with Crippen molar-refractivity contribution in [2.24, 2.45) is 0 Å². The second-order valence-electron chi connectivity index (χ2n) is 8.93. The summed E-state index contributed by atoms with van der Waals surface area (Å²) in [5, 5.41) is 11.5. The van der Waals surface area contributed by atoms with Crippen LogP contribution in [0.25, 0.3) is 5.76 Å². The van der Waals surface area contributed by atoms with Crippen molar-refractivity contribution in [2.45, 2.75) is 19.9 Å². The van der Waals surface area contributed by atoms with Gasteiger partial charge in [0.05, 0.1) is 31.0 Å². The summed E-state index contributed by atoms with van der Waals surface area (Å²) in [6.07, 6.45) is 3.03. The minimum absolute atomic E-state index is 0.00163. The highest BCUT2D eigenvalue weighted by Gasteiger charge is 2.48. The lowest BCUT2D eigenvalue weighted by Crippen LogP contribution is -2.29. The van der Waals surface area contributed by atoms with E-state index >= 15 is 0 Å². The van der Waals surface area contributed by atoms with Crippen LogP contribution in [0.1, 0.15) is 39.5 Å². The lowest BCUT2D eigenvalue weighted by molar-refractivity contribution is -0.132. The maximum absolute atomic E-state index is 13.6. The van der Waals surface area contributed by atoms with Crippen LogP contribution in [0, 0.1) is 6.92 Å². The summed E-state index contributed by atoms with van der Waals surface area (Å²) in [5.41, 5.74) is 0.917. The Morgan fingerprint density at radius 1 is 1.07 bits per heavy atom. The number of Topliss-reactive ketones (excluding diaryl/α,β-unsaturated/α-hetero) is 1. The molecule has 2 aromatic carbocycles. The fraction of sp³-hybridized carbons (Fsp3) is 0.226. The molecule has 2 heterocycles. The third-order valence-electron chi connectivity index (χ3n) is 6.26. The minimum atomic E-state index is -1.11. The predicted octanol–water partition coefficient (Wildman–Crippen LogP) is 5.39. The molecule has 10 nitrogen and oxygen atoms in total. The number of rotatable bonds is 12. The van der Waals surface area contributed by atoms with Crippen molar-refractivity contribution in [1.29, 1.82) is 0 Å². The van der Waals surface area contributed by atoms with Crippen molar-refractivity contribution in [3.8, 4) is 17.2 Å². The lowest BCUT2D eigenvalue weighted by atomic mass is 9.95. The molecule has 3 aromatic rings. The van der Waals surface area contributed by atoms with E-state index in [9.17, 15) is 19.5 Å². The van der Waals surface area contributed by atoms with Gasteiger partial charge in [-0.15, -0.1) is 0 Å². The van der Waals surface area contributed by atoms with Gasteiger partial charge in [-0.2, -0.15) is 0 Å². The monoisotopic (exact) mass is 590 g/mol. The lowest BCUT2D eigenvalue weighted by Gasteiger charge is -2.24. The maximum Gasteiger partial charge on any atom is 0.350 e. The smallest absolute Gasteiger partial charge is 0.350 e. The van der Waals surface area contributed by atoms with E-state index in [1.165, 1.54) is 18.1 Å². The Labute approximate surface area is 247 Å². The molecule has 11 heteroatoms. The van der Waals surface area contributed by atoms with Crippen LogP contribution in [0.5, 0.6) is 17.2 Å². The summed E-state index contributed by atoms with van der Waals surface area (Å²) in [6, 6.07) is 10.3. The third-order valence-corrected chi connectivity index (χ3v) is 7.39. The van der Waals surface area contributed by atoms with E-state index in [4.69, 9.17) is 18.9 Å². The first-order valence-electron chi connectivity index (χ1n) is 13.0. The average Bonchev–Trinajstić information content (AvgIpc) is 3.51. The Kier molecular flexibility index (Phi) is 9.43. The molecular weight excluding hydrogens is 560 g/mol. The number of carbonyl (C=O) groups is 3. The summed E-state index contributed by atoms with van der Waals surface area (Å²) in [7, 11) is 1.51. The Morgan fingerprint density at radius 3 is 2.43 bits per heavy atom. The fourth-order valence-electron chi connectivity index (χ4n) is 4.36. The summed E-state index contributed by atoms with van der Waals surface area (Å²) >= 11 is 0.908. The van der Waals surface area contributed by atoms with E-state index in [0.717, 1.165) is 11.3 Å². The number of hydrogen-bond acceptors (Lipinski definition) is 10. The van der Waals surface area contributed by atoms with Gasteiger partial charge in [0, 0.05) is 5.56 Å². The van der Waals surface area contributed by atoms with Crippen LogP contribution < -0.4 is 19.1 Å². The van der Waals surface area contributed by atoms with Crippen molar-refractivity contribution in [2.75, 3.05) is 31.8 Å². The fourth-order valence-corrected chi connectivity index (χ4v) is 5.34. The zero-order valence-corrected chi connectivity index (χ0v) is 24.2. The molecule has 0 bridgehead atoms. The number of methoxy groups -OCH3 is 1. The van der Waals surface area contributed by atoms with Crippen LogP contribution in [-0.4, -0.2) is 54.7 Å². The number of thiazole rings is 1. The number of anilines is 1. The molecule has 0 saturated carbocycles. The van der Waals surface area contributed by atoms with Crippen LogP contribution in [-0.2, 0) is 14.3 Å². The Hall–Kier alpha value is -4.90. The van der Waals surface area contributed by atoms with Gasteiger partial charge in [0.25, 0.3) is 5.78 Å². The molecule has 218 valence electrons. The minimum Gasteiger partial charge on any atom is -0.507 e. The SMILES string of the molecule is C=CCOC(=O)c1sc(N2C(=O)C(=O)C(=C(O)c3ccc(OC)cc3)C2c2ccc(OCC=C)c(OCC)c2)nc1C. The number of nitrogens with zero attached hydrogens (tertiary/aromatic N) is 2. The Balaban J connectivity index is 1.91. The zero-order chi connectivity index (χ0) is 30.4. The molecule has 1 aliphatic heterocycles. The van der Waals surface area contributed by atoms with Crippen LogP contribution >= 0.6 is 11.3 Å². The predicted molar refractivity (Wildman–Crippen MR) is 158 cm³/mol. The number of aliphatic hydroxyl groups excluding tert-OH is 1. The largest absolute Gasteiger partial charge is 0.507 e. The van der Waals surface area contributed by atoms with Crippen molar-refractivity contribution in [3.05, 3.63) is 95.0 Å². The van der Waals surface area contributed by atoms with Gasteiger partial charge >= 0.3 is 11.9 Å². The highest BCUT2D eigenvalue weighted by atomic mass is 32.1. The molecule has 1 aromatic heterocycles. The molecule has 1 saturated heterocycles. The number of benzene rings is 2. The number of esters is 1. The van der Waals surface area contributed by atoms with E-state index < -0.39 is 23.7 Å². The topological polar surface area (TPSA) is 124 Å². The van der Waals surface area contributed by atoms with Gasteiger partial charge < -0.3 is 24.1 Å². The first-order valence-corrected chi connectivity index (χ1v) is 13.8. The van der Waals surface area contributed by atoms with Crippen molar-refractivity contribution in [3.63, 3.8) is 0 Å². The van der Waals surface area contributed by atoms with E-state index in [2.05, 4.69) is 18.1 Å². The highest BCUT2D eigenvalue weighted by molar-refractivity contribution is 7.17. The van der Waals surface area contributed by atoms with Gasteiger partial charge in [-0.05, 0) is 55.8 Å². The van der Waals surface area contributed by atoms with Gasteiger partial charge in [0.2, 0.25) is 0 Å². The summed E-state index contributed by atoms with van der Waals surface area (Å²) in [5.74, 6) is -1.49. The number of carbonyl (C=O) groups excluding carboxylic acids is 3. The molecular formula is C31H30N2O8S. The number of aliphatic hydroxyl groups is 1. The Morgan fingerprint density at radius 2 is 1.79 bits per heavy atom. The van der Waals surface area contributed by atoms with Crippen LogP contribution in [0.4, 0.5) is 5.13 Å². The van der Waals surface area contributed by atoms with Gasteiger partial charge in [-0.1, -0.05) is 42.7 Å². The molecule has 1 fully saturated rings. The quantitative estimate of drug-likeness (QED) is 0.0971. The molecule has 1 amide bonds. The number of aromatic nitrogens is 1. The molecule has 0 radical (unpaired) electrons. The Bertz CT molecular complexity index is 1560. The second-order valence-corrected chi connectivity index (χ2v) is 9.91. The summed E-state index contributed by atoms with van der Waals surface area (Å²) in [6.45, 7) is 11.2. The van der Waals surface area contributed by atoms with Crippen molar-refractivity contribution < 1.29 is 38.4 Å². The summed E-state index contributed by atoms with van der Waals surface area (Å²) < 4.78 is 21.9. The standard InChI is InChI=1S/C31H30N2O8S/c1-6-15-40-22-14-11-20(17-23(22)39-8-3)25-24(26(34)19-9-12-21(38-5)13-10-19)27(35)29(36)33(25)31-32-18(4)28(42-31)30(37)41-16-7-2/h6-7,9-14,17,25,34H,1-2,8,15-16H2,3-5H3. The second kappa shape index (κ2) is 13.2. The normalized spacial score (nSPS) is 15.8. The number of ketones is 1. The van der Waals surface area contributed by atoms with Crippen molar-refractivity contribution >= 4 is 39.9 Å². The van der Waals surface area contributed by atoms with E-state index in [1.807, 2.05) is 6.92 Å². The molecule has 0 spiro atoms.